The first-order valence-corrected chi connectivity index (χ1v) is 7.88. The number of unbranched alkanes of at least 4 members (excludes halogenated alkanes) is 1. The number of ether oxygens (including phenoxy) is 2. The number of likely N-dealkylation sites (tertiary alicyclic amines) is 1. The van der Waals surface area contributed by atoms with Crippen molar-refractivity contribution < 1.29 is 14.4 Å². The van der Waals surface area contributed by atoms with Crippen LogP contribution in [0.15, 0.2) is 18.2 Å². The van der Waals surface area contributed by atoms with Gasteiger partial charge in [-0.15, -0.1) is 0 Å². The quantitative estimate of drug-likeness (QED) is 0.419. The Bertz CT molecular complexity index is 487. The van der Waals surface area contributed by atoms with Crippen LogP contribution in [0.5, 0.6) is 11.5 Å². The van der Waals surface area contributed by atoms with Gasteiger partial charge >= 0.3 is 0 Å². The molecule has 1 saturated heterocycles. The zero-order valence-corrected chi connectivity index (χ0v) is 13.1. The molecule has 1 aliphatic rings. The molecule has 0 saturated carbocycles. The fourth-order valence-electron chi connectivity index (χ4n) is 2.69. The summed E-state index contributed by atoms with van der Waals surface area (Å²) in [5.74, 6) is 0.969. The summed E-state index contributed by atoms with van der Waals surface area (Å²) < 4.78 is 10.8. The number of benzene rings is 1. The number of piperidine rings is 1. The van der Waals surface area contributed by atoms with Crippen LogP contribution in [0.4, 0.5) is 5.69 Å². The molecule has 6 nitrogen and oxygen atoms in total. The number of non-ortho nitro benzene ring substituents is 1. The summed E-state index contributed by atoms with van der Waals surface area (Å²) in [5.41, 5.74) is 0.00861. The van der Waals surface area contributed by atoms with Gasteiger partial charge in [-0.3, -0.25) is 10.1 Å². The summed E-state index contributed by atoms with van der Waals surface area (Å²) >= 11 is 0. The number of methoxy groups -OCH3 is 1. The third kappa shape index (κ3) is 4.87. The number of hydrogen-bond acceptors (Lipinski definition) is 5. The van der Waals surface area contributed by atoms with Gasteiger partial charge in [0, 0.05) is 6.07 Å². The largest absolute Gasteiger partial charge is 0.493 e. The number of hydrogen-bond donors (Lipinski definition) is 0. The first-order chi connectivity index (χ1) is 10.7. The third-order valence-electron chi connectivity index (χ3n) is 3.93. The molecule has 0 unspecified atom stereocenters. The Kier molecular flexibility index (Phi) is 6.45. The first-order valence-electron chi connectivity index (χ1n) is 7.88. The van der Waals surface area contributed by atoms with E-state index in [1.165, 1.54) is 51.6 Å². The zero-order chi connectivity index (χ0) is 15.8. The second-order valence-corrected chi connectivity index (χ2v) is 5.55. The van der Waals surface area contributed by atoms with Crippen molar-refractivity contribution in [1.82, 2.24) is 4.90 Å². The van der Waals surface area contributed by atoms with Gasteiger partial charge in [-0.25, -0.2) is 0 Å². The molecule has 0 aliphatic carbocycles. The van der Waals surface area contributed by atoms with Crippen LogP contribution in [0.25, 0.3) is 0 Å². The number of rotatable bonds is 8. The molecule has 0 amide bonds. The SMILES string of the molecule is COc1cc([N+](=O)[O-])ccc1OCCCCN1CCCCC1. The molecule has 22 heavy (non-hydrogen) atoms. The molecule has 0 atom stereocenters. The molecule has 1 fully saturated rings. The van der Waals surface area contributed by atoms with E-state index in [1.54, 1.807) is 6.07 Å². The lowest BCUT2D eigenvalue weighted by atomic mass is 10.1. The van der Waals surface area contributed by atoms with Crippen LogP contribution in [0, 0.1) is 10.1 Å². The molecule has 0 spiro atoms. The topological polar surface area (TPSA) is 64.8 Å². The second-order valence-electron chi connectivity index (χ2n) is 5.55. The number of nitrogens with zero attached hydrogens (tertiary/aromatic N) is 2. The van der Waals surface area contributed by atoms with Crippen LogP contribution in [-0.4, -0.2) is 43.2 Å². The van der Waals surface area contributed by atoms with Gasteiger partial charge in [0.1, 0.15) is 0 Å². The number of nitro groups is 1. The highest BCUT2D eigenvalue weighted by Gasteiger charge is 2.12. The molecule has 1 aliphatic heterocycles. The fraction of sp³-hybridized carbons (Fsp3) is 0.625. The van der Waals surface area contributed by atoms with Crippen molar-refractivity contribution in [2.75, 3.05) is 33.4 Å². The van der Waals surface area contributed by atoms with E-state index in [-0.39, 0.29) is 5.69 Å². The van der Waals surface area contributed by atoms with Gasteiger partial charge in [-0.05, 0) is 51.4 Å². The van der Waals surface area contributed by atoms with Crippen LogP contribution >= 0.6 is 0 Å². The highest BCUT2D eigenvalue weighted by molar-refractivity contribution is 5.48. The zero-order valence-electron chi connectivity index (χ0n) is 13.1. The van der Waals surface area contributed by atoms with E-state index < -0.39 is 4.92 Å². The molecule has 0 bridgehead atoms. The second kappa shape index (κ2) is 8.58. The number of nitro benzene ring substituents is 1. The lowest BCUT2D eigenvalue weighted by Crippen LogP contribution is -2.30. The van der Waals surface area contributed by atoms with Crippen molar-refractivity contribution in [3.8, 4) is 11.5 Å². The Hall–Kier alpha value is -1.82. The Morgan fingerprint density at radius 1 is 1.18 bits per heavy atom. The average Bonchev–Trinajstić information content (AvgIpc) is 2.55. The summed E-state index contributed by atoms with van der Waals surface area (Å²) in [7, 11) is 1.49. The summed E-state index contributed by atoms with van der Waals surface area (Å²) in [6.07, 6.45) is 6.07. The van der Waals surface area contributed by atoms with E-state index in [2.05, 4.69) is 4.90 Å². The maximum Gasteiger partial charge on any atom is 0.273 e. The van der Waals surface area contributed by atoms with E-state index in [0.29, 0.717) is 18.1 Å². The molecular formula is C16H24N2O4. The minimum absolute atomic E-state index is 0.00861. The minimum atomic E-state index is -0.440. The van der Waals surface area contributed by atoms with E-state index >= 15 is 0 Å². The lowest BCUT2D eigenvalue weighted by Gasteiger charge is -2.26. The molecule has 1 aromatic carbocycles. The van der Waals surface area contributed by atoms with Crippen molar-refractivity contribution in [1.29, 1.82) is 0 Å². The lowest BCUT2D eigenvalue weighted by molar-refractivity contribution is -0.384. The van der Waals surface area contributed by atoms with E-state index in [4.69, 9.17) is 9.47 Å². The highest BCUT2D eigenvalue weighted by Crippen LogP contribution is 2.31. The average molecular weight is 308 g/mol. The summed E-state index contributed by atoms with van der Waals surface area (Å²) in [5, 5.41) is 10.7. The normalized spacial score (nSPS) is 15.5. The van der Waals surface area contributed by atoms with Crippen molar-refractivity contribution in [3.05, 3.63) is 28.3 Å². The maximum absolute atomic E-state index is 10.7. The Morgan fingerprint density at radius 3 is 2.64 bits per heavy atom. The van der Waals surface area contributed by atoms with Crippen LogP contribution in [0.3, 0.4) is 0 Å². The van der Waals surface area contributed by atoms with Crippen molar-refractivity contribution in [2.24, 2.45) is 0 Å². The van der Waals surface area contributed by atoms with Gasteiger partial charge in [0.15, 0.2) is 11.5 Å². The maximum atomic E-state index is 10.7. The Labute approximate surface area is 131 Å². The Morgan fingerprint density at radius 2 is 1.95 bits per heavy atom. The molecule has 0 radical (unpaired) electrons. The van der Waals surface area contributed by atoms with Crippen molar-refractivity contribution in [3.63, 3.8) is 0 Å². The summed E-state index contributed by atoms with van der Waals surface area (Å²) in [6, 6.07) is 4.43. The minimum Gasteiger partial charge on any atom is -0.493 e. The summed E-state index contributed by atoms with van der Waals surface area (Å²) in [6.45, 7) is 4.16. The molecule has 1 heterocycles. The standard InChI is InChI=1S/C16H24N2O4/c1-21-16-13-14(18(19)20)7-8-15(16)22-12-6-5-11-17-9-3-2-4-10-17/h7-8,13H,2-6,9-12H2,1H3. The molecule has 0 aromatic heterocycles. The smallest absolute Gasteiger partial charge is 0.273 e. The summed E-state index contributed by atoms with van der Waals surface area (Å²) in [4.78, 5) is 12.8. The molecule has 2 rings (SSSR count). The molecule has 1 aromatic rings. The molecular weight excluding hydrogens is 284 g/mol. The first kappa shape index (κ1) is 16.5. The predicted molar refractivity (Wildman–Crippen MR) is 84.7 cm³/mol. The monoisotopic (exact) mass is 308 g/mol. The highest BCUT2D eigenvalue weighted by atomic mass is 16.6. The van der Waals surface area contributed by atoms with Crippen LogP contribution in [0.1, 0.15) is 32.1 Å². The van der Waals surface area contributed by atoms with Crippen molar-refractivity contribution in [2.45, 2.75) is 32.1 Å². The van der Waals surface area contributed by atoms with Crippen LogP contribution < -0.4 is 9.47 Å². The van der Waals surface area contributed by atoms with Crippen molar-refractivity contribution >= 4 is 5.69 Å². The third-order valence-corrected chi connectivity index (χ3v) is 3.93. The van der Waals surface area contributed by atoms with E-state index in [1.807, 2.05) is 0 Å². The van der Waals surface area contributed by atoms with E-state index in [9.17, 15) is 10.1 Å². The Balaban J connectivity index is 1.73. The van der Waals surface area contributed by atoms with Crippen LogP contribution in [-0.2, 0) is 0 Å². The molecule has 0 N–H and O–H groups in total. The van der Waals surface area contributed by atoms with Gasteiger partial charge in [-0.1, -0.05) is 6.42 Å². The molecule has 6 heteroatoms. The van der Waals surface area contributed by atoms with Gasteiger partial charge < -0.3 is 14.4 Å². The predicted octanol–water partition coefficient (Wildman–Crippen LogP) is 3.25. The van der Waals surface area contributed by atoms with Gasteiger partial charge in [0.25, 0.3) is 5.69 Å². The fourth-order valence-corrected chi connectivity index (χ4v) is 2.69. The molecule has 122 valence electrons. The van der Waals surface area contributed by atoms with E-state index in [0.717, 1.165) is 19.4 Å². The van der Waals surface area contributed by atoms with Crippen LogP contribution in [0.2, 0.25) is 0 Å². The van der Waals surface area contributed by atoms with Gasteiger partial charge in [-0.2, -0.15) is 0 Å². The van der Waals surface area contributed by atoms with Gasteiger partial charge in [0.2, 0.25) is 0 Å². The van der Waals surface area contributed by atoms with Gasteiger partial charge in [0.05, 0.1) is 24.7 Å².